The molecule has 0 unspecified atom stereocenters. The molecule has 194 valence electrons. The summed E-state index contributed by atoms with van der Waals surface area (Å²) in [6.07, 6.45) is -3.46. The van der Waals surface area contributed by atoms with Crippen LogP contribution in [0.1, 0.15) is 54.4 Å². The second-order valence-corrected chi connectivity index (χ2v) is 9.36. The van der Waals surface area contributed by atoms with Crippen LogP contribution in [0.5, 0.6) is 0 Å². The molecule has 0 bridgehead atoms. The van der Waals surface area contributed by atoms with Crippen molar-refractivity contribution < 1.29 is 47.9 Å². The number of amides is 1. The summed E-state index contributed by atoms with van der Waals surface area (Å²) >= 11 is 0. The summed E-state index contributed by atoms with van der Waals surface area (Å²) in [6, 6.07) is -0.950. The van der Waals surface area contributed by atoms with Crippen molar-refractivity contribution in [1.29, 1.82) is 0 Å². The Morgan fingerprint density at radius 3 is 2.24 bits per heavy atom. The van der Waals surface area contributed by atoms with Crippen LogP contribution < -0.4 is 5.32 Å². The molecule has 0 aliphatic carbocycles. The van der Waals surface area contributed by atoms with Crippen molar-refractivity contribution in [3.05, 3.63) is 0 Å². The normalized spacial score (nSPS) is 21.8. The molecule has 1 saturated heterocycles. The monoisotopic (exact) mass is 479 g/mol. The Morgan fingerprint density at radius 1 is 1.15 bits per heavy atom. The molecular formula is C22H41NO10. The van der Waals surface area contributed by atoms with Crippen molar-refractivity contribution in [2.75, 3.05) is 34.4 Å². The summed E-state index contributed by atoms with van der Waals surface area (Å²) in [6.45, 7) is 10.1. The van der Waals surface area contributed by atoms with E-state index >= 15 is 0 Å². The fourth-order valence-electron chi connectivity index (χ4n) is 3.46. The SMILES string of the molecule is COCO[C@@H]([C@H](O)[C@H](NC(C)=O)[C@H](CCC(=O)OC(C)(C)C)OCOC)[C@H]1COC(C)(C)O1. The van der Waals surface area contributed by atoms with E-state index in [1.165, 1.54) is 21.1 Å². The van der Waals surface area contributed by atoms with Gasteiger partial charge in [-0.25, -0.2) is 0 Å². The predicted octanol–water partition coefficient (Wildman–Crippen LogP) is 1.10. The van der Waals surface area contributed by atoms with Gasteiger partial charge < -0.3 is 43.6 Å². The van der Waals surface area contributed by atoms with Gasteiger partial charge in [-0.05, 0) is 41.0 Å². The summed E-state index contributed by atoms with van der Waals surface area (Å²) in [5.41, 5.74) is -0.637. The molecule has 11 heteroatoms. The van der Waals surface area contributed by atoms with Gasteiger partial charge in [0.15, 0.2) is 5.79 Å². The van der Waals surface area contributed by atoms with Crippen LogP contribution in [0.4, 0.5) is 0 Å². The summed E-state index contributed by atoms with van der Waals surface area (Å²) in [7, 11) is 2.90. The lowest BCUT2D eigenvalue weighted by atomic mass is 9.94. The van der Waals surface area contributed by atoms with E-state index in [9.17, 15) is 14.7 Å². The van der Waals surface area contributed by atoms with E-state index in [2.05, 4.69) is 5.32 Å². The number of carbonyl (C=O) groups is 2. The lowest BCUT2D eigenvalue weighted by molar-refractivity contribution is -0.198. The van der Waals surface area contributed by atoms with E-state index in [1.54, 1.807) is 34.6 Å². The van der Waals surface area contributed by atoms with Gasteiger partial charge >= 0.3 is 5.97 Å². The number of ether oxygens (including phenoxy) is 7. The quantitative estimate of drug-likeness (QED) is 0.276. The molecule has 1 aliphatic heterocycles. The molecule has 0 radical (unpaired) electrons. The van der Waals surface area contributed by atoms with Crippen molar-refractivity contribution in [2.45, 2.75) is 96.2 Å². The number of aliphatic hydroxyl groups is 1. The Bertz CT molecular complexity index is 606. The fourth-order valence-corrected chi connectivity index (χ4v) is 3.46. The Balaban J connectivity index is 3.10. The third kappa shape index (κ3) is 11.1. The number of nitrogens with one attached hydrogen (secondary N) is 1. The molecule has 1 aliphatic rings. The average Bonchev–Trinajstić information content (AvgIpc) is 3.04. The van der Waals surface area contributed by atoms with Crippen LogP contribution in [-0.4, -0.2) is 93.2 Å². The Labute approximate surface area is 196 Å². The Hall–Kier alpha value is -1.34. The average molecular weight is 480 g/mol. The summed E-state index contributed by atoms with van der Waals surface area (Å²) in [4.78, 5) is 24.3. The maximum Gasteiger partial charge on any atom is 0.306 e. The van der Waals surface area contributed by atoms with Gasteiger partial charge in [0.2, 0.25) is 5.91 Å². The summed E-state index contributed by atoms with van der Waals surface area (Å²) in [5.74, 6) is -1.67. The second kappa shape index (κ2) is 13.5. The first kappa shape index (κ1) is 29.7. The lowest BCUT2D eigenvalue weighted by Crippen LogP contribution is -2.58. The van der Waals surface area contributed by atoms with Gasteiger partial charge in [-0.15, -0.1) is 0 Å². The topological polar surface area (TPSA) is 131 Å². The summed E-state index contributed by atoms with van der Waals surface area (Å²) < 4.78 is 38.4. The first-order valence-electron chi connectivity index (χ1n) is 11.0. The zero-order chi connectivity index (χ0) is 25.2. The van der Waals surface area contributed by atoms with Gasteiger partial charge in [0.25, 0.3) is 0 Å². The molecule has 0 spiro atoms. The zero-order valence-corrected chi connectivity index (χ0v) is 21.0. The standard InChI is InChI=1S/C22H41NO10/c1-14(24)23-18(15(29-12-27-7)9-10-17(25)33-21(2,3)4)19(26)20(30-13-28-8)16-11-31-22(5,6)32-16/h15-16,18-20,26H,9-13H2,1-8H3,(H,23,24)/t15-,16+,18+,19+,20+/m0/s1. The molecule has 5 atom stereocenters. The maximum atomic E-state index is 12.3. The maximum absolute atomic E-state index is 12.3. The van der Waals surface area contributed by atoms with Crippen molar-refractivity contribution in [3.8, 4) is 0 Å². The Morgan fingerprint density at radius 2 is 1.76 bits per heavy atom. The molecule has 0 aromatic rings. The van der Waals surface area contributed by atoms with Crippen molar-refractivity contribution in [3.63, 3.8) is 0 Å². The van der Waals surface area contributed by atoms with Crippen LogP contribution in [0.15, 0.2) is 0 Å². The highest BCUT2D eigenvalue weighted by Crippen LogP contribution is 2.28. The largest absolute Gasteiger partial charge is 0.460 e. The molecule has 1 fully saturated rings. The number of aliphatic hydroxyl groups excluding tert-OH is 1. The third-order valence-electron chi connectivity index (χ3n) is 4.70. The highest BCUT2D eigenvalue weighted by molar-refractivity contribution is 5.73. The van der Waals surface area contributed by atoms with E-state index in [4.69, 9.17) is 33.2 Å². The first-order valence-corrected chi connectivity index (χ1v) is 11.0. The molecule has 0 saturated carbocycles. The lowest BCUT2D eigenvalue weighted by Gasteiger charge is -2.36. The van der Waals surface area contributed by atoms with Gasteiger partial charge in [-0.1, -0.05) is 0 Å². The van der Waals surface area contributed by atoms with E-state index < -0.39 is 53.7 Å². The smallest absolute Gasteiger partial charge is 0.306 e. The van der Waals surface area contributed by atoms with E-state index in [-0.39, 0.29) is 33.0 Å². The Kier molecular flexibility index (Phi) is 12.2. The highest BCUT2D eigenvalue weighted by atomic mass is 16.8. The minimum Gasteiger partial charge on any atom is -0.460 e. The minimum atomic E-state index is -1.29. The van der Waals surface area contributed by atoms with Gasteiger partial charge in [-0.2, -0.15) is 0 Å². The van der Waals surface area contributed by atoms with Crippen LogP contribution >= 0.6 is 0 Å². The minimum absolute atomic E-state index is 0.00806. The molecule has 1 amide bonds. The van der Waals surface area contributed by atoms with Gasteiger partial charge in [-0.3, -0.25) is 9.59 Å². The molecular weight excluding hydrogens is 438 g/mol. The number of rotatable bonds is 14. The first-order chi connectivity index (χ1) is 15.3. The number of esters is 1. The van der Waals surface area contributed by atoms with E-state index in [0.29, 0.717) is 0 Å². The van der Waals surface area contributed by atoms with Crippen molar-refractivity contribution in [2.24, 2.45) is 0 Å². The molecule has 1 heterocycles. The van der Waals surface area contributed by atoms with Crippen LogP contribution in [0.2, 0.25) is 0 Å². The van der Waals surface area contributed by atoms with Crippen LogP contribution in [-0.2, 0) is 42.7 Å². The number of methoxy groups -OCH3 is 2. The van der Waals surface area contributed by atoms with Crippen LogP contribution in [0, 0.1) is 0 Å². The fraction of sp³-hybridized carbons (Fsp3) is 0.909. The third-order valence-corrected chi connectivity index (χ3v) is 4.70. The number of hydrogen-bond donors (Lipinski definition) is 2. The van der Waals surface area contributed by atoms with E-state index in [1.807, 2.05) is 0 Å². The summed E-state index contributed by atoms with van der Waals surface area (Å²) in [5, 5.41) is 14.1. The van der Waals surface area contributed by atoms with Gasteiger partial charge in [0.05, 0.1) is 18.8 Å². The van der Waals surface area contributed by atoms with Gasteiger partial charge in [0.1, 0.15) is 37.5 Å². The van der Waals surface area contributed by atoms with Crippen molar-refractivity contribution in [1.82, 2.24) is 5.32 Å². The van der Waals surface area contributed by atoms with E-state index in [0.717, 1.165) is 0 Å². The molecule has 0 aromatic carbocycles. The van der Waals surface area contributed by atoms with Gasteiger partial charge in [0, 0.05) is 27.6 Å². The number of carbonyl (C=O) groups excluding carboxylic acids is 2. The van der Waals surface area contributed by atoms with Crippen molar-refractivity contribution >= 4 is 11.9 Å². The highest BCUT2D eigenvalue weighted by Gasteiger charge is 2.45. The van der Waals surface area contributed by atoms with Crippen LogP contribution in [0.3, 0.4) is 0 Å². The molecule has 1 rings (SSSR count). The molecule has 2 N–H and O–H groups in total. The zero-order valence-electron chi connectivity index (χ0n) is 21.0. The predicted molar refractivity (Wildman–Crippen MR) is 117 cm³/mol. The molecule has 0 aromatic heterocycles. The number of hydrogen-bond acceptors (Lipinski definition) is 10. The van der Waals surface area contributed by atoms with Crippen LogP contribution in [0.25, 0.3) is 0 Å². The molecule has 11 nitrogen and oxygen atoms in total. The second-order valence-electron chi connectivity index (χ2n) is 9.36. The molecule has 33 heavy (non-hydrogen) atoms.